The maximum atomic E-state index is 13.7. The molecule has 0 bridgehead atoms. The maximum Gasteiger partial charge on any atom is 0.262 e. The van der Waals surface area contributed by atoms with Crippen LogP contribution in [0.15, 0.2) is 71.1 Å². The quantitative estimate of drug-likeness (QED) is 0.410. The number of para-hydroxylation sites is 1. The SMILES string of the molecule is COCCN(CC(=O)N1N=C(c2cccs2)CC1c1ccccc1OC)C(=O)c1ccc(OC)cc1. The van der Waals surface area contributed by atoms with Crippen molar-refractivity contribution in [2.45, 2.75) is 12.5 Å². The van der Waals surface area contributed by atoms with Gasteiger partial charge in [-0.3, -0.25) is 9.59 Å². The van der Waals surface area contributed by atoms with Gasteiger partial charge in [0.1, 0.15) is 18.0 Å². The van der Waals surface area contributed by atoms with Gasteiger partial charge in [0.15, 0.2) is 0 Å². The number of rotatable bonds is 10. The number of methoxy groups -OCH3 is 3. The highest BCUT2D eigenvalue weighted by atomic mass is 32.1. The van der Waals surface area contributed by atoms with Gasteiger partial charge in [-0.1, -0.05) is 24.3 Å². The summed E-state index contributed by atoms with van der Waals surface area (Å²) in [5, 5.41) is 8.20. The van der Waals surface area contributed by atoms with E-state index in [9.17, 15) is 9.59 Å². The lowest BCUT2D eigenvalue weighted by Gasteiger charge is -2.27. The van der Waals surface area contributed by atoms with Crippen molar-refractivity contribution in [1.29, 1.82) is 0 Å². The fourth-order valence-corrected chi connectivity index (χ4v) is 4.84. The molecular formula is C27H29N3O5S. The second-order valence-electron chi connectivity index (χ2n) is 8.17. The van der Waals surface area contributed by atoms with Crippen LogP contribution in [0.5, 0.6) is 11.5 Å². The first-order chi connectivity index (χ1) is 17.5. The predicted molar refractivity (Wildman–Crippen MR) is 139 cm³/mol. The molecule has 0 N–H and O–H groups in total. The zero-order chi connectivity index (χ0) is 25.5. The number of amides is 2. The molecule has 2 amide bonds. The van der Waals surface area contributed by atoms with Crippen LogP contribution >= 0.6 is 11.3 Å². The highest BCUT2D eigenvalue weighted by molar-refractivity contribution is 7.12. The van der Waals surface area contributed by atoms with Gasteiger partial charge in [0.25, 0.3) is 11.8 Å². The van der Waals surface area contributed by atoms with Crippen molar-refractivity contribution in [1.82, 2.24) is 9.91 Å². The molecule has 0 saturated carbocycles. The van der Waals surface area contributed by atoms with E-state index in [1.807, 2.05) is 41.8 Å². The molecule has 1 atom stereocenters. The molecule has 2 heterocycles. The summed E-state index contributed by atoms with van der Waals surface area (Å²) in [4.78, 5) is 29.5. The first kappa shape index (κ1) is 25.4. The Bertz CT molecular complexity index is 1210. The van der Waals surface area contributed by atoms with Gasteiger partial charge >= 0.3 is 0 Å². The van der Waals surface area contributed by atoms with Crippen molar-refractivity contribution in [3.63, 3.8) is 0 Å². The Morgan fingerprint density at radius 1 is 1.03 bits per heavy atom. The second kappa shape index (κ2) is 11.8. The molecule has 2 aromatic carbocycles. The Labute approximate surface area is 214 Å². The summed E-state index contributed by atoms with van der Waals surface area (Å²) in [6.45, 7) is 0.428. The lowest BCUT2D eigenvalue weighted by molar-refractivity contribution is -0.133. The van der Waals surface area contributed by atoms with Crippen LogP contribution in [0, 0.1) is 0 Å². The van der Waals surface area contributed by atoms with Crippen molar-refractivity contribution < 1.29 is 23.8 Å². The standard InChI is InChI=1S/C27H29N3O5S/c1-33-15-14-29(27(32)19-10-12-20(34-2)13-11-19)18-26(31)30-23(21-7-4-5-8-24(21)35-3)17-22(28-30)25-9-6-16-36-25/h4-13,16,23H,14-15,17-18H2,1-3H3. The topological polar surface area (TPSA) is 80.7 Å². The van der Waals surface area contributed by atoms with Crippen molar-refractivity contribution in [2.24, 2.45) is 5.10 Å². The monoisotopic (exact) mass is 507 g/mol. The molecule has 3 aromatic rings. The highest BCUT2D eigenvalue weighted by Gasteiger charge is 2.36. The van der Waals surface area contributed by atoms with Crippen LogP contribution in [0.4, 0.5) is 0 Å². The van der Waals surface area contributed by atoms with Crippen LogP contribution in [0.25, 0.3) is 0 Å². The summed E-state index contributed by atoms with van der Waals surface area (Å²) in [5.74, 6) is 0.792. The van der Waals surface area contributed by atoms with Crippen LogP contribution in [0.3, 0.4) is 0 Å². The summed E-state index contributed by atoms with van der Waals surface area (Å²) in [7, 11) is 4.74. The molecule has 1 unspecified atom stereocenters. The van der Waals surface area contributed by atoms with Gasteiger partial charge in [-0.15, -0.1) is 11.3 Å². The average Bonchev–Trinajstić information content (AvgIpc) is 3.61. The van der Waals surface area contributed by atoms with Gasteiger partial charge in [0.05, 0.1) is 37.5 Å². The fourth-order valence-electron chi connectivity index (χ4n) is 4.12. The van der Waals surface area contributed by atoms with Crippen molar-refractivity contribution in [3.05, 3.63) is 82.0 Å². The van der Waals surface area contributed by atoms with Crippen molar-refractivity contribution in [2.75, 3.05) is 41.0 Å². The number of carbonyl (C=O) groups is 2. The molecule has 8 nitrogen and oxygen atoms in total. The van der Waals surface area contributed by atoms with Crippen molar-refractivity contribution in [3.8, 4) is 11.5 Å². The van der Waals surface area contributed by atoms with Gasteiger partial charge < -0.3 is 19.1 Å². The Morgan fingerprint density at radius 2 is 1.81 bits per heavy atom. The summed E-state index contributed by atoms with van der Waals surface area (Å²) in [5.41, 5.74) is 2.16. The Hall–Kier alpha value is -3.69. The third-order valence-electron chi connectivity index (χ3n) is 5.99. The van der Waals surface area contributed by atoms with E-state index in [-0.39, 0.29) is 30.9 Å². The maximum absolute atomic E-state index is 13.7. The zero-order valence-electron chi connectivity index (χ0n) is 20.5. The Kier molecular flexibility index (Phi) is 8.35. The van der Waals surface area contributed by atoms with Crippen LogP contribution in [0.1, 0.15) is 33.3 Å². The largest absolute Gasteiger partial charge is 0.497 e. The third-order valence-corrected chi connectivity index (χ3v) is 6.90. The van der Waals surface area contributed by atoms with Crippen molar-refractivity contribution >= 4 is 28.9 Å². The van der Waals surface area contributed by atoms with E-state index < -0.39 is 0 Å². The van der Waals surface area contributed by atoms with Gasteiger partial charge in [-0.05, 0) is 41.8 Å². The molecule has 1 aliphatic rings. The number of thiophene rings is 1. The van der Waals surface area contributed by atoms with E-state index in [1.54, 1.807) is 56.9 Å². The molecule has 0 saturated heterocycles. The number of carbonyl (C=O) groups excluding carboxylic acids is 2. The zero-order valence-corrected chi connectivity index (χ0v) is 21.4. The third kappa shape index (κ3) is 5.58. The smallest absolute Gasteiger partial charge is 0.262 e. The minimum atomic E-state index is -0.342. The molecule has 4 rings (SSSR count). The molecule has 1 aliphatic heterocycles. The number of benzene rings is 2. The van der Waals surface area contributed by atoms with E-state index in [0.717, 1.165) is 16.2 Å². The molecular weight excluding hydrogens is 478 g/mol. The number of hydrogen-bond donors (Lipinski definition) is 0. The second-order valence-corrected chi connectivity index (χ2v) is 9.12. The van der Waals surface area contributed by atoms with E-state index in [1.165, 1.54) is 9.91 Å². The molecule has 9 heteroatoms. The van der Waals surface area contributed by atoms with E-state index in [2.05, 4.69) is 0 Å². The van der Waals surface area contributed by atoms with Gasteiger partial charge in [0.2, 0.25) is 0 Å². The summed E-state index contributed by atoms with van der Waals surface area (Å²) in [6.07, 6.45) is 0.553. The Balaban J connectivity index is 1.62. The lowest BCUT2D eigenvalue weighted by Crippen LogP contribution is -2.42. The van der Waals surface area contributed by atoms with Crippen LogP contribution in [-0.4, -0.2) is 68.5 Å². The van der Waals surface area contributed by atoms with Gasteiger partial charge in [0, 0.05) is 31.2 Å². The minimum absolute atomic E-state index is 0.138. The normalized spacial score (nSPS) is 14.9. The minimum Gasteiger partial charge on any atom is -0.497 e. The van der Waals surface area contributed by atoms with Gasteiger partial charge in [-0.2, -0.15) is 5.10 Å². The molecule has 188 valence electrons. The van der Waals surface area contributed by atoms with E-state index in [0.29, 0.717) is 30.1 Å². The molecule has 1 aromatic heterocycles. The number of hydrazone groups is 1. The number of nitrogens with zero attached hydrogens (tertiary/aromatic N) is 3. The lowest BCUT2D eigenvalue weighted by atomic mass is 10.00. The van der Waals surface area contributed by atoms with E-state index in [4.69, 9.17) is 19.3 Å². The number of hydrogen-bond acceptors (Lipinski definition) is 7. The first-order valence-corrected chi connectivity index (χ1v) is 12.4. The molecule has 0 radical (unpaired) electrons. The highest BCUT2D eigenvalue weighted by Crippen LogP contribution is 2.38. The Morgan fingerprint density at radius 3 is 2.47 bits per heavy atom. The average molecular weight is 508 g/mol. The summed E-state index contributed by atoms with van der Waals surface area (Å²) in [6, 6.07) is 18.1. The van der Waals surface area contributed by atoms with Crippen LogP contribution in [-0.2, 0) is 9.53 Å². The summed E-state index contributed by atoms with van der Waals surface area (Å²) >= 11 is 1.58. The fraction of sp³-hybridized carbons (Fsp3) is 0.296. The summed E-state index contributed by atoms with van der Waals surface area (Å²) < 4.78 is 16.0. The molecule has 0 aliphatic carbocycles. The molecule has 0 fully saturated rings. The molecule has 36 heavy (non-hydrogen) atoms. The molecule has 0 spiro atoms. The van der Waals surface area contributed by atoms with Gasteiger partial charge in [-0.25, -0.2) is 5.01 Å². The van der Waals surface area contributed by atoms with Crippen LogP contribution < -0.4 is 9.47 Å². The first-order valence-electron chi connectivity index (χ1n) is 11.5. The van der Waals surface area contributed by atoms with Crippen LogP contribution in [0.2, 0.25) is 0 Å². The predicted octanol–water partition coefficient (Wildman–Crippen LogP) is 4.23. The number of ether oxygens (including phenoxy) is 3. The van der Waals surface area contributed by atoms with E-state index >= 15 is 0 Å².